The van der Waals surface area contributed by atoms with E-state index in [2.05, 4.69) is 34.9 Å². The summed E-state index contributed by atoms with van der Waals surface area (Å²) >= 11 is 0. The van der Waals surface area contributed by atoms with Gasteiger partial charge in [-0.1, -0.05) is 68.8 Å². The fourth-order valence-electron chi connectivity index (χ4n) is 6.06. The van der Waals surface area contributed by atoms with Gasteiger partial charge in [-0.25, -0.2) is 9.59 Å². The number of carbonyl (C=O) groups is 3. The minimum atomic E-state index is -1.01. The SMILES string of the molecule is CCC(C)[C@H](NC(=O)C12CC(NC(=O)OCC3c4ccccc4-c4ccccc43)CC1C2)C(=O)O. The largest absolute Gasteiger partial charge is 0.480 e. The van der Waals surface area contributed by atoms with Crippen molar-refractivity contribution in [1.82, 2.24) is 10.6 Å². The average Bonchev–Trinajstić information content (AvgIpc) is 3.28. The number of carboxylic acids is 1. The third-order valence-electron chi connectivity index (χ3n) is 8.30. The van der Waals surface area contributed by atoms with E-state index in [1.807, 2.05) is 38.1 Å². The van der Waals surface area contributed by atoms with Crippen LogP contribution in [-0.2, 0) is 14.3 Å². The Balaban J connectivity index is 1.17. The number of nitrogens with one attached hydrogen (secondary N) is 2. The summed E-state index contributed by atoms with van der Waals surface area (Å²) in [6.45, 7) is 3.99. The van der Waals surface area contributed by atoms with Gasteiger partial charge < -0.3 is 20.5 Å². The normalized spacial score (nSPS) is 25.5. The van der Waals surface area contributed by atoms with Crippen LogP contribution in [0.5, 0.6) is 0 Å². The zero-order valence-corrected chi connectivity index (χ0v) is 20.1. The number of aliphatic carboxylic acids is 1. The molecule has 4 unspecified atom stereocenters. The van der Waals surface area contributed by atoms with Crippen LogP contribution in [0.15, 0.2) is 48.5 Å². The molecule has 5 rings (SSSR count). The van der Waals surface area contributed by atoms with Gasteiger partial charge in [0, 0.05) is 12.0 Å². The molecular weight excluding hydrogens is 444 g/mol. The maximum absolute atomic E-state index is 13.0. The molecule has 2 aromatic carbocycles. The van der Waals surface area contributed by atoms with Gasteiger partial charge in [-0.2, -0.15) is 0 Å². The van der Waals surface area contributed by atoms with Crippen LogP contribution in [0.2, 0.25) is 0 Å². The second kappa shape index (κ2) is 9.02. The number of hydrogen-bond donors (Lipinski definition) is 3. The highest BCUT2D eigenvalue weighted by molar-refractivity contribution is 5.90. The van der Waals surface area contributed by atoms with Gasteiger partial charge in [0.1, 0.15) is 12.6 Å². The van der Waals surface area contributed by atoms with Gasteiger partial charge in [0.25, 0.3) is 0 Å². The molecule has 0 saturated heterocycles. The highest BCUT2D eigenvalue weighted by Gasteiger charge is 2.65. The van der Waals surface area contributed by atoms with E-state index >= 15 is 0 Å². The first-order valence-electron chi connectivity index (χ1n) is 12.5. The lowest BCUT2D eigenvalue weighted by Crippen LogP contribution is -2.48. The molecule has 3 aliphatic rings. The molecule has 5 atom stereocenters. The predicted octanol–water partition coefficient (Wildman–Crippen LogP) is 4.31. The Kier molecular flexibility index (Phi) is 6.03. The molecule has 0 aliphatic heterocycles. The molecule has 35 heavy (non-hydrogen) atoms. The van der Waals surface area contributed by atoms with Crippen molar-refractivity contribution in [3.63, 3.8) is 0 Å². The number of fused-ring (bicyclic) bond motifs is 4. The smallest absolute Gasteiger partial charge is 0.407 e. The van der Waals surface area contributed by atoms with Gasteiger partial charge in [0.05, 0.1) is 5.41 Å². The van der Waals surface area contributed by atoms with Gasteiger partial charge in [-0.15, -0.1) is 0 Å². The van der Waals surface area contributed by atoms with Crippen molar-refractivity contribution in [1.29, 1.82) is 0 Å². The summed E-state index contributed by atoms with van der Waals surface area (Å²) in [6, 6.07) is 15.4. The molecule has 3 N–H and O–H groups in total. The zero-order chi connectivity index (χ0) is 24.7. The maximum atomic E-state index is 13.0. The van der Waals surface area contributed by atoms with Crippen molar-refractivity contribution in [2.45, 2.75) is 57.5 Å². The highest BCUT2D eigenvalue weighted by atomic mass is 16.5. The number of amides is 2. The van der Waals surface area contributed by atoms with E-state index in [0.717, 1.165) is 17.5 Å². The lowest BCUT2D eigenvalue weighted by molar-refractivity contribution is -0.144. The number of carboxylic acid groups (broad SMARTS) is 1. The van der Waals surface area contributed by atoms with Gasteiger partial charge >= 0.3 is 12.1 Å². The van der Waals surface area contributed by atoms with Crippen molar-refractivity contribution in [3.8, 4) is 11.1 Å². The topological polar surface area (TPSA) is 105 Å². The maximum Gasteiger partial charge on any atom is 0.407 e. The molecule has 0 spiro atoms. The van der Waals surface area contributed by atoms with Crippen LogP contribution in [0.3, 0.4) is 0 Å². The van der Waals surface area contributed by atoms with Gasteiger partial charge in [0.2, 0.25) is 5.91 Å². The number of hydrogen-bond acceptors (Lipinski definition) is 4. The van der Waals surface area contributed by atoms with E-state index in [0.29, 0.717) is 19.3 Å². The fourth-order valence-corrected chi connectivity index (χ4v) is 6.06. The summed E-state index contributed by atoms with van der Waals surface area (Å²) in [5, 5.41) is 15.2. The first-order chi connectivity index (χ1) is 16.8. The van der Waals surface area contributed by atoms with Crippen molar-refractivity contribution in [2.24, 2.45) is 17.3 Å². The molecule has 2 saturated carbocycles. The number of carbonyl (C=O) groups excluding carboxylic acids is 2. The quantitative estimate of drug-likeness (QED) is 0.527. The second-order valence-corrected chi connectivity index (χ2v) is 10.3. The summed E-state index contributed by atoms with van der Waals surface area (Å²) in [5.74, 6) is -1.19. The second-order valence-electron chi connectivity index (χ2n) is 10.3. The molecule has 0 aromatic heterocycles. The van der Waals surface area contributed by atoms with Crippen LogP contribution < -0.4 is 10.6 Å². The Morgan fingerprint density at radius 1 is 1.06 bits per heavy atom. The van der Waals surface area contributed by atoms with Crippen LogP contribution in [0, 0.1) is 17.3 Å². The van der Waals surface area contributed by atoms with E-state index in [-0.39, 0.29) is 36.3 Å². The molecule has 2 aromatic rings. The summed E-state index contributed by atoms with van der Waals surface area (Å²) < 4.78 is 5.66. The van der Waals surface area contributed by atoms with Gasteiger partial charge in [-0.3, -0.25) is 4.79 Å². The van der Waals surface area contributed by atoms with E-state index in [1.54, 1.807) is 0 Å². The van der Waals surface area contributed by atoms with Crippen molar-refractivity contribution >= 4 is 18.0 Å². The number of ether oxygens (including phenoxy) is 1. The lowest BCUT2D eigenvalue weighted by atomic mass is 9.96. The number of benzene rings is 2. The van der Waals surface area contributed by atoms with Crippen LogP contribution in [0.4, 0.5) is 4.79 Å². The lowest BCUT2D eigenvalue weighted by Gasteiger charge is -2.24. The molecule has 2 amide bonds. The first kappa shape index (κ1) is 23.4. The Bertz CT molecular complexity index is 1120. The summed E-state index contributed by atoms with van der Waals surface area (Å²) in [7, 11) is 0. The number of rotatable bonds is 8. The van der Waals surface area contributed by atoms with Crippen LogP contribution in [0.1, 0.15) is 56.6 Å². The molecule has 3 aliphatic carbocycles. The van der Waals surface area contributed by atoms with Crippen LogP contribution in [-0.4, -0.2) is 41.8 Å². The highest BCUT2D eigenvalue weighted by Crippen LogP contribution is 2.63. The third-order valence-corrected chi connectivity index (χ3v) is 8.30. The number of alkyl carbamates (subject to hydrolysis) is 1. The van der Waals surface area contributed by atoms with Crippen LogP contribution >= 0.6 is 0 Å². The standard InChI is InChI=1S/C28H32N2O5/c1-3-16(2)24(25(31)32)30-26(33)28-13-17(28)12-18(14-28)29-27(34)35-15-23-21-10-6-4-8-19(21)20-9-5-7-11-22(20)23/h4-11,16-18,23-24H,3,12-15H2,1-2H3,(H,29,34)(H,30,33)(H,31,32)/t16?,17?,18?,24-,28?/m0/s1. The Morgan fingerprint density at radius 2 is 1.69 bits per heavy atom. The van der Waals surface area contributed by atoms with E-state index < -0.39 is 23.5 Å². The van der Waals surface area contributed by atoms with Crippen molar-refractivity contribution in [2.75, 3.05) is 6.61 Å². The molecule has 184 valence electrons. The molecule has 7 nitrogen and oxygen atoms in total. The summed E-state index contributed by atoms with van der Waals surface area (Å²) in [4.78, 5) is 37.3. The summed E-state index contributed by atoms with van der Waals surface area (Å²) in [6.07, 6.45) is 2.16. The molecule has 0 bridgehead atoms. The molecule has 0 heterocycles. The Labute approximate surface area is 205 Å². The monoisotopic (exact) mass is 476 g/mol. The van der Waals surface area contributed by atoms with E-state index in [9.17, 15) is 19.5 Å². The van der Waals surface area contributed by atoms with Gasteiger partial charge in [-0.05, 0) is 53.4 Å². The van der Waals surface area contributed by atoms with Gasteiger partial charge in [0.15, 0.2) is 0 Å². The van der Waals surface area contributed by atoms with Crippen LogP contribution in [0.25, 0.3) is 11.1 Å². The predicted molar refractivity (Wildman–Crippen MR) is 131 cm³/mol. The molecule has 0 radical (unpaired) electrons. The molecule has 7 heteroatoms. The minimum Gasteiger partial charge on any atom is -0.480 e. The molecule has 2 fully saturated rings. The Hall–Kier alpha value is -3.35. The van der Waals surface area contributed by atoms with Crippen molar-refractivity contribution < 1.29 is 24.2 Å². The minimum absolute atomic E-state index is 0.00393. The summed E-state index contributed by atoms with van der Waals surface area (Å²) in [5.41, 5.74) is 4.11. The fraction of sp³-hybridized carbons (Fsp3) is 0.464. The van der Waals surface area contributed by atoms with Crippen molar-refractivity contribution in [3.05, 3.63) is 59.7 Å². The van der Waals surface area contributed by atoms with E-state index in [4.69, 9.17) is 4.74 Å². The first-order valence-corrected chi connectivity index (χ1v) is 12.5. The zero-order valence-electron chi connectivity index (χ0n) is 20.1. The third kappa shape index (κ3) is 4.17. The Morgan fingerprint density at radius 3 is 2.29 bits per heavy atom. The average molecular weight is 477 g/mol. The van der Waals surface area contributed by atoms with E-state index in [1.165, 1.54) is 11.1 Å². The molecular formula is C28H32N2O5.